The first-order chi connectivity index (χ1) is 8.08. The predicted molar refractivity (Wildman–Crippen MR) is 57.1 cm³/mol. The molecule has 0 aromatic heterocycles. The summed E-state index contributed by atoms with van der Waals surface area (Å²) < 4.78 is 12.6. The highest BCUT2D eigenvalue weighted by molar-refractivity contribution is 5.76. The van der Waals surface area contributed by atoms with Crippen LogP contribution in [0.3, 0.4) is 0 Å². The molecule has 0 unspecified atom stereocenters. The minimum Gasteiger partial charge on any atom is -0.550 e. The Morgan fingerprint density at radius 3 is 2.41 bits per heavy atom. The molecule has 0 aliphatic heterocycles. The Morgan fingerprint density at radius 1 is 1.18 bits per heavy atom. The molecule has 1 N–H and O–H groups in total. The minimum atomic E-state index is -1.16. The molecular formula is C12H13FNO3-. The number of carbonyl (C=O) groups is 2. The lowest BCUT2D eigenvalue weighted by atomic mass is 10.2. The standard InChI is InChI=1S/C12H14FNO3/c13-10-6-4-9(5-7-10)8-14-11(15)2-1-3-12(16)17/h4-7H,1-3,8H2,(H,14,15)(H,16,17)/p-1. The second-order valence-corrected chi connectivity index (χ2v) is 3.63. The number of aliphatic carboxylic acids is 1. The van der Waals surface area contributed by atoms with Crippen LogP contribution in [0.5, 0.6) is 0 Å². The molecule has 0 saturated carbocycles. The fraction of sp³-hybridized carbons (Fsp3) is 0.333. The third kappa shape index (κ3) is 5.65. The van der Waals surface area contributed by atoms with Gasteiger partial charge in [-0.1, -0.05) is 12.1 Å². The fourth-order valence-corrected chi connectivity index (χ4v) is 1.28. The van der Waals surface area contributed by atoms with E-state index in [1.807, 2.05) is 0 Å². The van der Waals surface area contributed by atoms with Crippen molar-refractivity contribution < 1.29 is 19.1 Å². The van der Waals surface area contributed by atoms with E-state index in [1.165, 1.54) is 12.1 Å². The predicted octanol–water partition coefficient (Wildman–Crippen LogP) is 0.362. The third-order valence-corrected chi connectivity index (χ3v) is 2.19. The normalized spacial score (nSPS) is 9.94. The lowest BCUT2D eigenvalue weighted by molar-refractivity contribution is -0.305. The van der Waals surface area contributed by atoms with E-state index in [4.69, 9.17) is 0 Å². The van der Waals surface area contributed by atoms with Crippen LogP contribution < -0.4 is 10.4 Å². The zero-order valence-corrected chi connectivity index (χ0v) is 9.24. The zero-order valence-electron chi connectivity index (χ0n) is 9.24. The van der Waals surface area contributed by atoms with Crippen molar-refractivity contribution in [3.63, 3.8) is 0 Å². The van der Waals surface area contributed by atoms with Crippen molar-refractivity contribution in [3.8, 4) is 0 Å². The second kappa shape index (κ2) is 6.62. The van der Waals surface area contributed by atoms with Crippen LogP contribution in [0.15, 0.2) is 24.3 Å². The number of carbonyl (C=O) groups excluding carboxylic acids is 2. The molecule has 0 aliphatic carbocycles. The van der Waals surface area contributed by atoms with Crippen molar-refractivity contribution in [1.29, 1.82) is 0 Å². The minimum absolute atomic E-state index is 0.121. The van der Waals surface area contributed by atoms with E-state index in [2.05, 4.69) is 5.32 Å². The average Bonchev–Trinajstić information content (AvgIpc) is 2.28. The lowest BCUT2D eigenvalue weighted by Crippen LogP contribution is -2.25. The molecule has 0 bridgehead atoms. The molecule has 1 aromatic carbocycles. The molecule has 92 valence electrons. The van der Waals surface area contributed by atoms with Gasteiger partial charge in [0.25, 0.3) is 0 Å². The Kier molecular flexibility index (Phi) is 5.13. The van der Waals surface area contributed by atoms with E-state index in [9.17, 15) is 19.1 Å². The Labute approximate surface area is 98.5 Å². The molecule has 1 aromatic rings. The van der Waals surface area contributed by atoms with Gasteiger partial charge in [-0.15, -0.1) is 0 Å². The summed E-state index contributed by atoms with van der Waals surface area (Å²) in [6.07, 6.45) is 0.288. The Bertz CT molecular complexity index is 389. The van der Waals surface area contributed by atoms with Gasteiger partial charge < -0.3 is 15.2 Å². The van der Waals surface area contributed by atoms with E-state index in [-0.39, 0.29) is 31.0 Å². The SMILES string of the molecule is O=C([O-])CCCC(=O)NCc1ccc(F)cc1. The maximum Gasteiger partial charge on any atom is 0.220 e. The Morgan fingerprint density at radius 2 is 1.82 bits per heavy atom. The van der Waals surface area contributed by atoms with Crippen LogP contribution in [0.1, 0.15) is 24.8 Å². The summed E-state index contributed by atoms with van der Waals surface area (Å²) in [7, 11) is 0. The summed E-state index contributed by atoms with van der Waals surface area (Å²) in [6.45, 7) is 0.310. The van der Waals surface area contributed by atoms with E-state index >= 15 is 0 Å². The number of carboxylic acids is 1. The summed E-state index contributed by atoms with van der Waals surface area (Å²) in [4.78, 5) is 21.4. The highest BCUT2D eigenvalue weighted by Crippen LogP contribution is 2.02. The maximum absolute atomic E-state index is 12.6. The molecule has 0 heterocycles. The monoisotopic (exact) mass is 238 g/mol. The molecule has 0 aliphatic rings. The van der Waals surface area contributed by atoms with E-state index in [0.717, 1.165) is 5.56 Å². The topological polar surface area (TPSA) is 69.2 Å². The fourth-order valence-electron chi connectivity index (χ4n) is 1.28. The van der Waals surface area contributed by atoms with E-state index in [1.54, 1.807) is 12.1 Å². The van der Waals surface area contributed by atoms with Crippen molar-refractivity contribution in [1.82, 2.24) is 5.32 Å². The van der Waals surface area contributed by atoms with Crippen LogP contribution in [0.25, 0.3) is 0 Å². The molecule has 0 fully saturated rings. The van der Waals surface area contributed by atoms with Gasteiger partial charge in [0.15, 0.2) is 0 Å². The second-order valence-electron chi connectivity index (χ2n) is 3.63. The van der Waals surface area contributed by atoms with Gasteiger partial charge in [-0.2, -0.15) is 0 Å². The number of nitrogens with one attached hydrogen (secondary N) is 1. The van der Waals surface area contributed by atoms with Crippen molar-refractivity contribution in [3.05, 3.63) is 35.6 Å². The molecule has 0 radical (unpaired) electrons. The molecule has 0 saturated heterocycles. The van der Waals surface area contributed by atoms with Crippen LogP contribution in [-0.4, -0.2) is 11.9 Å². The molecule has 17 heavy (non-hydrogen) atoms. The number of hydrogen-bond acceptors (Lipinski definition) is 3. The summed E-state index contributed by atoms with van der Waals surface area (Å²) in [5, 5.41) is 12.7. The highest BCUT2D eigenvalue weighted by atomic mass is 19.1. The van der Waals surface area contributed by atoms with Crippen molar-refractivity contribution in [2.75, 3.05) is 0 Å². The largest absolute Gasteiger partial charge is 0.550 e. The summed E-state index contributed by atoms with van der Waals surface area (Å²) in [6, 6.07) is 5.79. The highest BCUT2D eigenvalue weighted by Gasteiger charge is 2.01. The molecule has 1 rings (SSSR count). The zero-order chi connectivity index (χ0) is 12.7. The van der Waals surface area contributed by atoms with Crippen LogP contribution in [0.4, 0.5) is 4.39 Å². The summed E-state index contributed by atoms with van der Waals surface area (Å²) >= 11 is 0. The van der Waals surface area contributed by atoms with Crippen molar-refractivity contribution in [2.24, 2.45) is 0 Å². The van der Waals surface area contributed by atoms with Crippen LogP contribution in [0.2, 0.25) is 0 Å². The molecule has 5 heteroatoms. The van der Waals surface area contributed by atoms with Crippen LogP contribution in [0, 0.1) is 5.82 Å². The summed E-state index contributed by atoms with van der Waals surface area (Å²) in [5.41, 5.74) is 0.791. The molecule has 1 amide bonds. The quantitative estimate of drug-likeness (QED) is 0.778. The van der Waals surface area contributed by atoms with Crippen molar-refractivity contribution in [2.45, 2.75) is 25.8 Å². The van der Waals surface area contributed by atoms with E-state index < -0.39 is 5.97 Å². The molecule has 0 atom stereocenters. The van der Waals surface area contributed by atoms with Gasteiger partial charge in [-0.25, -0.2) is 4.39 Å². The first-order valence-electron chi connectivity index (χ1n) is 5.29. The van der Waals surface area contributed by atoms with Gasteiger partial charge in [0.1, 0.15) is 5.82 Å². The molecular weight excluding hydrogens is 225 g/mol. The number of amides is 1. The van der Waals surface area contributed by atoms with Gasteiger partial charge in [-0.05, 0) is 30.5 Å². The Hall–Kier alpha value is -1.91. The lowest BCUT2D eigenvalue weighted by Gasteiger charge is -2.05. The van der Waals surface area contributed by atoms with Gasteiger partial charge >= 0.3 is 0 Å². The van der Waals surface area contributed by atoms with E-state index in [0.29, 0.717) is 6.54 Å². The van der Waals surface area contributed by atoms with Gasteiger partial charge in [0, 0.05) is 18.9 Å². The molecule has 0 spiro atoms. The third-order valence-electron chi connectivity index (χ3n) is 2.19. The van der Waals surface area contributed by atoms with Crippen molar-refractivity contribution >= 4 is 11.9 Å². The molecule has 4 nitrogen and oxygen atoms in total. The average molecular weight is 238 g/mol. The van der Waals surface area contributed by atoms with Crippen LogP contribution >= 0.6 is 0 Å². The van der Waals surface area contributed by atoms with Gasteiger partial charge in [0.2, 0.25) is 5.91 Å². The number of carboxylic acid groups (broad SMARTS) is 1. The smallest absolute Gasteiger partial charge is 0.220 e. The first kappa shape index (κ1) is 13.2. The maximum atomic E-state index is 12.6. The van der Waals surface area contributed by atoms with Gasteiger partial charge in [0.05, 0.1) is 0 Å². The summed E-state index contributed by atoms with van der Waals surface area (Å²) in [5.74, 6) is -1.71. The number of rotatable bonds is 6. The number of hydrogen-bond donors (Lipinski definition) is 1. The Balaban J connectivity index is 2.23. The van der Waals surface area contributed by atoms with Crippen LogP contribution in [-0.2, 0) is 16.1 Å². The number of benzene rings is 1. The van der Waals surface area contributed by atoms with Gasteiger partial charge in [-0.3, -0.25) is 4.79 Å². The number of halogens is 1. The first-order valence-corrected chi connectivity index (χ1v) is 5.29.